The first-order valence-corrected chi connectivity index (χ1v) is 9.03. The highest BCUT2D eigenvalue weighted by Crippen LogP contribution is 2.24. The monoisotopic (exact) mass is 304 g/mol. The Bertz CT molecular complexity index is 539. The molecule has 1 N–H and O–H groups in total. The van der Waals surface area contributed by atoms with Crippen molar-refractivity contribution in [1.29, 1.82) is 0 Å². The van der Waals surface area contributed by atoms with Crippen molar-refractivity contribution in [3.63, 3.8) is 0 Å². The fourth-order valence-electron chi connectivity index (χ4n) is 2.49. The number of aliphatic hydroxyl groups excluding tert-OH is 1. The van der Waals surface area contributed by atoms with Gasteiger partial charge in [0.05, 0.1) is 28.8 Å². The summed E-state index contributed by atoms with van der Waals surface area (Å²) in [6.45, 7) is 5.18. The molecule has 1 aromatic heterocycles. The van der Waals surface area contributed by atoms with Crippen LogP contribution in [0.1, 0.15) is 22.0 Å². The second-order valence-electron chi connectivity index (χ2n) is 4.99. The van der Waals surface area contributed by atoms with Crippen molar-refractivity contribution in [3.05, 3.63) is 15.6 Å². The SMILES string of the molecule is Cc1nc(C)c(CN(CCO)C2CCS(=O)(=O)C2)s1. The van der Waals surface area contributed by atoms with Gasteiger partial charge >= 0.3 is 0 Å². The number of nitrogens with zero attached hydrogens (tertiary/aromatic N) is 2. The minimum atomic E-state index is -2.89. The van der Waals surface area contributed by atoms with Gasteiger partial charge in [0.1, 0.15) is 0 Å². The maximum absolute atomic E-state index is 11.6. The second-order valence-corrected chi connectivity index (χ2v) is 8.51. The lowest BCUT2D eigenvalue weighted by Gasteiger charge is -2.26. The number of hydrogen-bond donors (Lipinski definition) is 1. The molecule has 0 aromatic carbocycles. The van der Waals surface area contributed by atoms with Gasteiger partial charge in [-0.3, -0.25) is 4.90 Å². The zero-order valence-corrected chi connectivity index (χ0v) is 12.9. The summed E-state index contributed by atoms with van der Waals surface area (Å²) < 4.78 is 23.1. The first-order chi connectivity index (χ1) is 8.91. The highest BCUT2D eigenvalue weighted by atomic mass is 32.2. The van der Waals surface area contributed by atoms with Crippen LogP contribution in [0.3, 0.4) is 0 Å². The van der Waals surface area contributed by atoms with Gasteiger partial charge < -0.3 is 5.11 Å². The minimum Gasteiger partial charge on any atom is -0.395 e. The van der Waals surface area contributed by atoms with Gasteiger partial charge in [0.15, 0.2) is 9.84 Å². The van der Waals surface area contributed by atoms with Crippen LogP contribution in [-0.2, 0) is 16.4 Å². The Morgan fingerprint density at radius 2 is 2.21 bits per heavy atom. The van der Waals surface area contributed by atoms with E-state index in [1.54, 1.807) is 11.3 Å². The van der Waals surface area contributed by atoms with E-state index in [9.17, 15) is 13.5 Å². The smallest absolute Gasteiger partial charge is 0.151 e. The zero-order valence-electron chi connectivity index (χ0n) is 11.3. The third-order valence-electron chi connectivity index (χ3n) is 3.46. The average Bonchev–Trinajstić information content (AvgIpc) is 2.81. The Kier molecular flexibility index (Phi) is 4.60. The Hall–Kier alpha value is -0.500. The molecule has 19 heavy (non-hydrogen) atoms. The molecule has 0 spiro atoms. The van der Waals surface area contributed by atoms with Crippen molar-refractivity contribution < 1.29 is 13.5 Å². The lowest BCUT2D eigenvalue weighted by molar-refractivity contribution is 0.154. The van der Waals surface area contributed by atoms with Crippen molar-refractivity contribution in [1.82, 2.24) is 9.88 Å². The summed E-state index contributed by atoms with van der Waals surface area (Å²) in [5, 5.41) is 10.2. The average molecular weight is 304 g/mol. The Labute approximate surface area is 118 Å². The molecule has 0 saturated carbocycles. The molecule has 5 nitrogen and oxygen atoms in total. The first kappa shape index (κ1) is 14.9. The molecular formula is C12H20N2O3S2. The number of aromatic nitrogens is 1. The van der Waals surface area contributed by atoms with Crippen LogP contribution in [0.25, 0.3) is 0 Å². The van der Waals surface area contributed by atoms with E-state index in [0.717, 1.165) is 15.6 Å². The Balaban J connectivity index is 2.10. The summed E-state index contributed by atoms with van der Waals surface area (Å²) in [4.78, 5) is 7.63. The van der Waals surface area contributed by atoms with Gasteiger partial charge in [0.2, 0.25) is 0 Å². The minimum absolute atomic E-state index is 0.0268. The number of aryl methyl sites for hydroxylation is 2. The molecule has 2 rings (SSSR count). The highest BCUT2D eigenvalue weighted by Gasteiger charge is 2.32. The molecule has 0 radical (unpaired) electrons. The van der Waals surface area contributed by atoms with Crippen LogP contribution >= 0.6 is 11.3 Å². The van der Waals surface area contributed by atoms with Gasteiger partial charge in [0.25, 0.3) is 0 Å². The van der Waals surface area contributed by atoms with E-state index in [1.807, 2.05) is 13.8 Å². The summed E-state index contributed by atoms with van der Waals surface area (Å²) in [5.41, 5.74) is 1.01. The van der Waals surface area contributed by atoms with E-state index in [-0.39, 0.29) is 24.2 Å². The standard InChI is InChI=1S/C12H20N2O3S2/c1-9-12(18-10(2)13-9)7-14(4-5-15)11-3-6-19(16,17)8-11/h11,15H,3-8H2,1-2H3. The van der Waals surface area contributed by atoms with Crippen molar-refractivity contribution in [3.8, 4) is 0 Å². The number of sulfone groups is 1. The molecule has 0 bridgehead atoms. The van der Waals surface area contributed by atoms with Crippen molar-refractivity contribution in [2.24, 2.45) is 0 Å². The molecular weight excluding hydrogens is 284 g/mol. The normalized spacial score (nSPS) is 22.2. The summed E-state index contributed by atoms with van der Waals surface area (Å²) in [7, 11) is -2.89. The zero-order chi connectivity index (χ0) is 14.0. The predicted molar refractivity (Wildman–Crippen MR) is 76.1 cm³/mol. The molecule has 2 heterocycles. The van der Waals surface area contributed by atoms with E-state index in [4.69, 9.17) is 0 Å². The molecule has 108 valence electrons. The lowest BCUT2D eigenvalue weighted by Crippen LogP contribution is -2.37. The number of rotatable bonds is 5. The molecule has 1 aromatic rings. The maximum atomic E-state index is 11.6. The summed E-state index contributed by atoms with van der Waals surface area (Å²) in [6, 6.07) is 0.0268. The number of thiazole rings is 1. The predicted octanol–water partition coefficient (Wildman–Crippen LogP) is 0.741. The quantitative estimate of drug-likeness (QED) is 0.869. The van der Waals surface area contributed by atoms with Gasteiger partial charge in [-0.1, -0.05) is 0 Å². The van der Waals surface area contributed by atoms with E-state index in [1.165, 1.54) is 0 Å². The van der Waals surface area contributed by atoms with Gasteiger partial charge in [-0.25, -0.2) is 13.4 Å². The second kappa shape index (κ2) is 5.87. The molecule has 1 aliphatic heterocycles. The number of hydrogen-bond acceptors (Lipinski definition) is 6. The fraction of sp³-hybridized carbons (Fsp3) is 0.750. The van der Waals surface area contributed by atoms with Crippen LogP contribution in [0.15, 0.2) is 0 Å². The van der Waals surface area contributed by atoms with Crippen LogP contribution in [-0.4, -0.2) is 54.1 Å². The topological polar surface area (TPSA) is 70.5 Å². The van der Waals surface area contributed by atoms with Crippen LogP contribution < -0.4 is 0 Å². The van der Waals surface area contributed by atoms with E-state index >= 15 is 0 Å². The molecule has 0 aliphatic carbocycles. The number of aliphatic hydroxyl groups is 1. The van der Waals surface area contributed by atoms with Crippen LogP contribution in [0.5, 0.6) is 0 Å². The van der Waals surface area contributed by atoms with Gasteiger partial charge in [-0.15, -0.1) is 11.3 Å². The van der Waals surface area contributed by atoms with E-state index < -0.39 is 9.84 Å². The molecule has 1 unspecified atom stereocenters. The van der Waals surface area contributed by atoms with Crippen LogP contribution in [0.4, 0.5) is 0 Å². The van der Waals surface area contributed by atoms with Crippen molar-refractivity contribution >= 4 is 21.2 Å². The van der Waals surface area contributed by atoms with Crippen LogP contribution in [0, 0.1) is 13.8 Å². The van der Waals surface area contributed by atoms with Gasteiger partial charge in [0, 0.05) is 24.0 Å². The molecule has 1 fully saturated rings. The van der Waals surface area contributed by atoms with Crippen molar-refractivity contribution in [2.45, 2.75) is 32.9 Å². The largest absolute Gasteiger partial charge is 0.395 e. The maximum Gasteiger partial charge on any atom is 0.151 e. The van der Waals surface area contributed by atoms with Crippen molar-refractivity contribution in [2.75, 3.05) is 24.7 Å². The Morgan fingerprint density at radius 3 is 2.68 bits per heavy atom. The van der Waals surface area contributed by atoms with Crippen LogP contribution in [0.2, 0.25) is 0 Å². The molecule has 7 heteroatoms. The molecule has 1 aliphatic rings. The Morgan fingerprint density at radius 1 is 1.47 bits per heavy atom. The summed E-state index contributed by atoms with van der Waals surface area (Å²) >= 11 is 1.64. The lowest BCUT2D eigenvalue weighted by atomic mass is 10.2. The van der Waals surface area contributed by atoms with E-state index in [2.05, 4.69) is 9.88 Å². The highest BCUT2D eigenvalue weighted by molar-refractivity contribution is 7.91. The summed E-state index contributed by atoms with van der Waals surface area (Å²) in [6.07, 6.45) is 0.666. The fourth-order valence-corrected chi connectivity index (χ4v) is 5.21. The molecule has 1 atom stereocenters. The van der Waals surface area contributed by atoms with Gasteiger partial charge in [-0.05, 0) is 20.3 Å². The molecule has 0 amide bonds. The molecule has 1 saturated heterocycles. The third-order valence-corrected chi connectivity index (χ3v) is 6.27. The van der Waals surface area contributed by atoms with E-state index in [0.29, 0.717) is 19.5 Å². The summed E-state index contributed by atoms with van der Waals surface area (Å²) in [5.74, 6) is 0.476. The first-order valence-electron chi connectivity index (χ1n) is 6.39. The third kappa shape index (κ3) is 3.75. The van der Waals surface area contributed by atoms with Gasteiger partial charge in [-0.2, -0.15) is 0 Å².